The maximum Gasteiger partial charge on any atom is 0.242 e. The van der Waals surface area contributed by atoms with Gasteiger partial charge in [0.15, 0.2) is 0 Å². The second kappa shape index (κ2) is 11.6. The van der Waals surface area contributed by atoms with Gasteiger partial charge in [-0.25, -0.2) is 0 Å². The van der Waals surface area contributed by atoms with E-state index in [1.54, 1.807) is 16.9 Å². The topological polar surface area (TPSA) is 63.0 Å². The third kappa shape index (κ3) is 6.46. The van der Waals surface area contributed by atoms with Gasteiger partial charge in [0.2, 0.25) is 11.8 Å². The average molecular weight is 415 g/mol. The molecule has 6 nitrogen and oxygen atoms in total. The Morgan fingerprint density at radius 2 is 1.80 bits per heavy atom. The molecule has 0 fully saturated rings. The largest absolute Gasteiger partial charge is 0.464 e. The maximum atomic E-state index is 13.4. The predicted octanol–water partition coefficient (Wildman–Crippen LogP) is 3.99. The lowest BCUT2D eigenvalue weighted by Gasteiger charge is -2.32. The zero-order valence-corrected chi connectivity index (χ0v) is 18.8. The van der Waals surface area contributed by atoms with Crippen molar-refractivity contribution in [3.63, 3.8) is 0 Å². The number of rotatable bonds is 11. The molecule has 30 heavy (non-hydrogen) atoms. The highest BCUT2D eigenvalue weighted by atomic mass is 16.5. The number of amides is 2. The zero-order valence-electron chi connectivity index (χ0n) is 18.8. The highest BCUT2D eigenvalue weighted by Gasteiger charge is 2.29. The van der Waals surface area contributed by atoms with E-state index < -0.39 is 0 Å². The quantitative estimate of drug-likeness (QED) is 0.558. The number of carbonyl (C=O) groups excluding carboxylic acids is 2. The summed E-state index contributed by atoms with van der Waals surface area (Å²) in [4.78, 5) is 29.9. The highest BCUT2D eigenvalue weighted by molar-refractivity contribution is 5.88. The van der Waals surface area contributed by atoms with E-state index in [1.165, 1.54) is 0 Å². The molecule has 0 saturated heterocycles. The van der Waals surface area contributed by atoms with Gasteiger partial charge in [0.05, 0.1) is 19.1 Å². The van der Waals surface area contributed by atoms with Crippen LogP contribution in [0.5, 0.6) is 0 Å². The molecule has 6 heteroatoms. The Kier molecular flexibility index (Phi) is 9.12. The second-order valence-corrected chi connectivity index (χ2v) is 7.75. The van der Waals surface area contributed by atoms with Crippen LogP contribution in [-0.2, 0) is 20.9 Å². The number of benzene rings is 1. The van der Waals surface area contributed by atoms with Crippen molar-refractivity contribution in [3.05, 3.63) is 59.5 Å². The first-order valence-corrected chi connectivity index (χ1v) is 10.5. The number of hydrogen-bond acceptors (Lipinski definition) is 4. The van der Waals surface area contributed by atoms with Crippen LogP contribution in [0.3, 0.4) is 0 Å². The number of aryl methyl sites for hydroxylation is 1. The first kappa shape index (κ1) is 23.7. The summed E-state index contributed by atoms with van der Waals surface area (Å²) in [6.07, 6.45) is 0.680. The van der Waals surface area contributed by atoms with Gasteiger partial charge >= 0.3 is 0 Å². The number of carbonyl (C=O) groups is 2. The minimum atomic E-state index is -0.262. The fraction of sp³-hybridized carbons (Fsp3) is 0.500. The molecule has 2 rings (SSSR count). The molecule has 2 aromatic rings. The van der Waals surface area contributed by atoms with Crippen molar-refractivity contribution in [2.75, 3.05) is 26.8 Å². The first-order chi connectivity index (χ1) is 14.4. The van der Waals surface area contributed by atoms with E-state index in [9.17, 15) is 9.59 Å². The van der Waals surface area contributed by atoms with Crippen LogP contribution in [0.2, 0.25) is 0 Å². The molecule has 1 atom stereocenters. The number of methoxy groups -OCH3 is 1. The van der Waals surface area contributed by atoms with E-state index >= 15 is 0 Å². The van der Waals surface area contributed by atoms with Crippen molar-refractivity contribution < 1.29 is 18.7 Å². The predicted molar refractivity (Wildman–Crippen MR) is 117 cm³/mol. The Balaban J connectivity index is 2.17. The zero-order chi connectivity index (χ0) is 22.1. The second-order valence-electron chi connectivity index (χ2n) is 7.75. The molecule has 0 aliphatic heterocycles. The van der Waals surface area contributed by atoms with E-state index in [0.29, 0.717) is 26.1 Å². The molecule has 0 aliphatic carbocycles. The molecule has 0 spiro atoms. The van der Waals surface area contributed by atoms with E-state index in [2.05, 4.69) is 0 Å². The van der Waals surface area contributed by atoms with Gasteiger partial charge in [-0.05, 0) is 44.9 Å². The SMILES string of the molecule is CCC(C(=O)N(CC(=O)N(CCOC)Cc1ccc(C)o1)C(C)C)c1ccccc1. The molecule has 1 aromatic carbocycles. The molecule has 0 radical (unpaired) electrons. The van der Waals surface area contributed by atoms with Crippen molar-refractivity contribution in [1.29, 1.82) is 0 Å². The maximum absolute atomic E-state index is 13.4. The molecule has 0 N–H and O–H groups in total. The molecule has 2 amide bonds. The number of nitrogens with zero attached hydrogens (tertiary/aromatic N) is 2. The van der Waals surface area contributed by atoms with E-state index in [-0.39, 0.29) is 30.3 Å². The Morgan fingerprint density at radius 3 is 2.33 bits per heavy atom. The lowest BCUT2D eigenvalue weighted by atomic mass is 9.94. The van der Waals surface area contributed by atoms with Gasteiger partial charge in [-0.3, -0.25) is 9.59 Å². The van der Waals surface area contributed by atoms with Crippen LogP contribution in [0.1, 0.15) is 50.2 Å². The third-order valence-corrected chi connectivity index (χ3v) is 5.18. The summed E-state index contributed by atoms with van der Waals surface area (Å²) in [5.41, 5.74) is 0.977. The third-order valence-electron chi connectivity index (χ3n) is 5.18. The van der Waals surface area contributed by atoms with Crippen LogP contribution >= 0.6 is 0 Å². The fourth-order valence-corrected chi connectivity index (χ4v) is 3.45. The van der Waals surface area contributed by atoms with Crippen LogP contribution in [-0.4, -0.2) is 54.5 Å². The van der Waals surface area contributed by atoms with Gasteiger partial charge in [-0.1, -0.05) is 37.3 Å². The van der Waals surface area contributed by atoms with Crippen molar-refractivity contribution in [2.24, 2.45) is 0 Å². The highest BCUT2D eigenvalue weighted by Crippen LogP contribution is 2.23. The number of hydrogen-bond donors (Lipinski definition) is 0. The Bertz CT molecular complexity index is 801. The van der Waals surface area contributed by atoms with Crippen molar-refractivity contribution >= 4 is 11.8 Å². The molecule has 0 aliphatic rings. The molecule has 164 valence electrons. The molecule has 1 aromatic heterocycles. The van der Waals surface area contributed by atoms with Gasteiger partial charge in [0, 0.05) is 19.7 Å². The number of furan rings is 1. The van der Waals surface area contributed by atoms with E-state index in [4.69, 9.17) is 9.15 Å². The van der Waals surface area contributed by atoms with Crippen molar-refractivity contribution in [2.45, 2.75) is 52.6 Å². The van der Waals surface area contributed by atoms with Gasteiger partial charge in [0.1, 0.15) is 18.1 Å². The van der Waals surface area contributed by atoms with Crippen LogP contribution in [0, 0.1) is 6.92 Å². The van der Waals surface area contributed by atoms with Crippen LogP contribution in [0.15, 0.2) is 46.9 Å². The van der Waals surface area contributed by atoms with Crippen LogP contribution in [0.25, 0.3) is 0 Å². The monoisotopic (exact) mass is 414 g/mol. The summed E-state index contributed by atoms with van der Waals surface area (Å²) in [5.74, 6) is 1.12. The molecule has 0 bridgehead atoms. The fourth-order valence-electron chi connectivity index (χ4n) is 3.45. The van der Waals surface area contributed by atoms with Gasteiger partial charge in [-0.2, -0.15) is 0 Å². The molecular formula is C24H34N2O4. The average Bonchev–Trinajstić information content (AvgIpc) is 3.14. The summed E-state index contributed by atoms with van der Waals surface area (Å²) in [6, 6.07) is 13.4. The summed E-state index contributed by atoms with van der Waals surface area (Å²) >= 11 is 0. The first-order valence-electron chi connectivity index (χ1n) is 10.5. The normalized spacial score (nSPS) is 12.1. The summed E-state index contributed by atoms with van der Waals surface area (Å²) in [6.45, 7) is 9.00. The Morgan fingerprint density at radius 1 is 1.10 bits per heavy atom. The van der Waals surface area contributed by atoms with Gasteiger partial charge in [0.25, 0.3) is 0 Å². The lowest BCUT2D eigenvalue weighted by Crippen LogP contribution is -2.47. The summed E-state index contributed by atoms with van der Waals surface area (Å²) in [5, 5.41) is 0. The molecule has 1 unspecified atom stereocenters. The molecule has 0 saturated carbocycles. The standard InChI is InChI=1S/C24H34N2O4/c1-6-22(20-10-8-7-9-11-20)24(28)26(18(2)3)17-23(27)25(14-15-29-5)16-21-13-12-19(4)30-21/h7-13,18,22H,6,14-17H2,1-5H3. The smallest absolute Gasteiger partial charge is 0.242 e. The van der Waals surface area contributed by atoms with Gasteiger partial charge < -0.3 is 19.0 Å². The van der Waals surface area contributed by atoms with Crippen molar-refractivity contribution in [1.82, 2.24) is 9.80 Å². The van der Waals surface area contributed by atoms with E-state index in [1.807, 2.05) is 70.2 Å². The molecule has 1 heterocycles. The summed E-state index contributed by atoms with van der Waals surface area (Å²) in [7, 11) is 1.61. The molecular weight excluding hydrogens is 380 g/mol. The summed E-state index contributed by atoms with van der Waals surface area (Å²) < 4.78 is 10.8. The lowest BCUT2D eigenvalue weighted by molar-refractivity contribution is -0.143. The van der Waals surface area contributed by atoms with E-state index in [0.717, 1.165) is 17.1 Å². The van der Waals surface area contributed by atoms with Gasteiger partial charge in [-0.15, -0.1) is 0 Å². The van der Waals surface area contributed by atoms with Crippen molar-refractivity contribution in [3.8, 4) is 0 Å². The Labute approximate surface area is 179 Å². The number of ether oxygens (including phenoxy) is 1. The Hall–Kier alpha value is -2.60. The minimum absolute atomic E-state index is 0.0208. The minimum Gasteiger partial charge on any atom is -0.464 e. The van der Waals surface area contributed by atoms with Crippen LogP contribution in [0.4, 0.5) is 0 Å². The van der Waals surface area contributed by atoms with Crippen LogP contribution < -0.4 is 0 Å².